The van der Waals surface area contributed by atoms with Crippen LogP contribution in [0.2, 0.25) is 0 Å². The molecule has 0 saturated carbocycles. The Bertz CT molecular complexity index is 839. The van der Waals surface area contributed by atoms with Crippen LogP contribution in [0.15, 0.2) is 48.5 Å². The van der Waals surface area contributed by atoms with Crippen molar-refractivity contribution in [1.82, 2.24) is 0 Å². The molecule has 0 atom stereocenters. The minimum Gasteiger partial charge on any atom is -0.399 e. The second kappa shape index (κ2) is 8.13. The van der Waals surface area contributed by atoms with Crippen LogP contribution in [0.1, 0.15) is 38.8 Å². The van der Waals surface area contributed by atoms with E-state index in [1.165, 1.54) is 12.1 Å². The highest BCUT2D eigenvalue weighted by Gasteiger charge is 2.26. The van der Waals surface area contributed by atoms with Crippen LogP contribution in [0.3, 0.4) is 0 Å². The molecule has 0 aliphatic carbocycles. The van der Waals surface area contributed by atoms with Gasteiger partial charge in [0.15, 0.2) is 0 Å². The van der Waals surface area contributed by atoms with Crippen LogP contribution >= 0.6 is 0 Å². The number of nitro groups is 1. The molecule has 134 valence electrons. The number of benzene rings is 2. The van der Waals surface area contributed by atoms with Crippen molar-refractivity contribution in [2.75, 3.05) is 5.73 Å². The van der Waals surface area contributed by atoms with Gasteiger partial charge >= 0.3 is 0 Å². The number of hydrogen-bond donors (Lipinski definition) is 1. The molecule has 26 heavy (non-hydrogen) atoms. The molecule has 0 saturated heterocycles. The maximum atomic E-state index is 10.4. The van der Waals surface area contributed by atoms with E-state index in [-0.39, 0.29) is 5.69 Å². The van der Waals surface area contributed by atoms with Crippen LogP contribution in [0.4, 0.5) is 11.4 Å². The maximum Gasteiger partial charge on any atom is 0.269 e. The second-order valence-electron chi connectivity index (χ2n) is 6.77. The first-order valence-electron chi connectivity index (χ1n) is 7.91. The summed E-state index contributed by atoms with van der Waals surface area (Å²) in [4.78, 5) is 16.9. The van der Waals surface area contributed by atoms with Crippen LogP contribution in [0.5, 0.6) is 0 Å². The predicted molar refractivity (Wildman–Crippen MR) is 103 cm³/mol. The molecule has 2 N–H and O–H groups in total. The Morgan fingerprint density at radius 1 is 0.846 bits per heavy atom. The lowest BCUT2D eigenvalue weighted by Gasteiger charge is -2.10. The fourth-order valence-electron chi connectivity index (χ4n) is 2.01. The van der Waals surface area contributed by atoms with Crippen LogP contribution in [0.25, 0.3) is 9.69 Å². The van der Waals surface area contributed by atoms with Gasteiger partial charge in [-0.05, 0) is 36.4 Å². The number of anilines is 1. The quantitative estimate of drug-likeness (QED) is 0.359. The highest BCUT2D eigenvalue weighted by Crippen LogP contribution is 2.26. The van der Waals surface area contributed by atoms with Crippen molar-refractivity contribution in [3.05, 3.63) is 92.6 Å². The fourth-order valence-corrected chi connectivity index (χ4v) is 2.01. The van der Waals surface area contributed by atoms with E-state index < -0.39 is 16.0 Å². The van der Waals surface area contributed by atoms with E-state index in [0.29, 0.717) is 0 Å². The van der Waals surface area contributed by atoms with Crippen molar-refractivity contribution in [2.24, 2.45) is 0 Å². The first-order valence-corrected chi connectivity index (χ1v) is 7.91. The highest BCUT2D eigenvalue weighted by atomic mass is 16.6. The van der Waals surface area contributed by atoms with E-state index in [1.807, 2.05) is 38.1 Å². The number of nitro benzene ring substituents is 1. The van der Waals surface area contributed by atoms with Gasteiger partial charge in [-0.2, -0.15) is 0 Å². The number of non-ortho nitro benzene ring substituents is 1. The number of nitrogen functional groups attached to an aromatic ring is 1. The average molecular weight is 350 g/mol. The molecule has 0 amide bonds. The largest absolute Gasteiger partial charge is 0.399 e. The summed E-state index contributed by atoms with van der Waals surface area (Å²) < 4.78 is 0. The monoisotopic (exact) mass is 350 g/mol. The van der Waals surface area contributed by atoms with E-state index in [4.69, 9.17) is 18.9 Å². The van der Waals surface area contributed by atoms with Crippen LogP contribution < -0.4 is 5.73 Å². The number of nitrogens with two attached hydrogens (primary N) is 1. The van der Waals surface area contributed by atoms with Gasteiger partial charge in [-0.15, -0.1) is 0 Å². The lowest BCUT2D eigenvalue weighted by molar-refractivity contribution is -0.384. The summed E-state index contributed by atoms with van der Waals surface area (Å²) in [5.74, 6) is 0. The van der Waals surface area contributed by atoms with Crippen LogP contribution in [-0.2, 0) is 11.1 Å². The van der Waals surface area contributed by atoms with Crippen molar-refractivity contribution >= 4 is 11.4 Å². The first kappa shape index (κ1) is 20.7. The zero-order valence-electron chi connectivity index (χ0n) is 15.4. The first-order chi connectivity index (χ1) is 12.0. The smallest absolute Gasteiger partial charge is 0.269 e. The molecule has 0 heterocycles. The third-order valence-corrected chi connectivity index (χ3v) is 3.96. The van der Waals surface area contributed by atoms with Gasteiger partial charge in [0.05, 0.1) is 4.92 Å². The minimum absolute atomic E-state index is 0.0505. The van der Waals surface area contributed by atoms with Gasteiger partial charge in [0.2, 0.25) is 0 Å². The Balaban J connectivity index is 0.000000263. The fraction of sp³-hybridized carbons (Fsp3) is 0.300. The Hall–Kier alpha value is -3.38. The molecule has 0 aromatic heterocycles. The van der Waals surface area contributed by atoms with Crippen molar-refractivity contribution < 1.29 is 4.92 Å². The second-order valence-corrected chi connectivity index (χ2v) is 6.77. The van der Waals surface area contributed by atoms with Crippen molar-refractivity contribution in [2.45, 2.75) is 38.8 Å². The SMILES string of the molecule is [C-]#[N+]C(C)(C)c1ccc(N)cc1.[C-]#[N+]C(C)(C)c1ccc([N+](=O)[O-])cc1. The summed E-state index contributed by atoms with van der Waals surface area (Å²) in [5.41, 5.74) is 7.06. The Kier molecular flexibility index (Phi) is 6.46. The highest BCUT2D eigenvalue weighted by molar-refractivity contribution is 5.41. The standard InChI is InChI=1S/C10H10N2O2.C10H12N2/c1-10(2,11-3)8-4-6-9(7-5-8)12(13)14;1-10(2,12-3)8-4-6-9(11)7-5-8/h4-7H,1-2H3;4-7H,11H2,1-2H3. The van der Waals surface area contributed by atoms with Gasteiger partial charge in [-0.3, -0.25) is 10.1 Å². The molecule has 0 fully saturated rings. The van der Waals surface area contributed by atoms with Crippen molar-refractivity contribution in [3.8, 4) is 0 Å². The third kappa shape index (κ3) is 5.32. The van der Waals surface area contributed by atoms with Gasteiger partial charge in [-0.1, -0.05) is 0 Å². The van der Waals surface area contributed by atoms with E-state index >= 15 is 0 Å². The molecular weight excluding hydrogens is 328 g/mol. The number of rotatable bonds is 3. The van der Waals surface area contributed by atoms with Crippen LogP contribution in [-0.4, -0.2) is 4.92 Å². The lowest BCUT2D eigenvalue weighted by Crippen LogP contribution is -2.10. The number of nitrogens with zero attached hydrogens (tertiary/aromatic N) is 3. The summed E-state index contributed by atoms with van der Waals surface area (Å²) in [6.45, 7) is 21.3. The Morgan fingerprint density at radius 2 is 1.19 bits per heavy atom. The predicted octanol–water partition coefficient (Wildman–Crippen LogP) is 5.17. The Morgan fingerprint density at radius 3 is 1.50 bits per heavy atom. The van der Waals surface area contributed by atoms with Crippen LogP contribution in [0, 0.1) is 23.3 Å². The zero-order valence-corrected chi connectivity index (χ0v) is 15.4. The lowest BCUT2D eigenvalue weighted by atomic mass is 9.95. The summed E-state index contributed by atoms with van der Waals surface area (Å²) >= 11 is 0. The van der Waals surface area contributed by atoms with E-state index in [2.05, 4.69) is 9.69 Å². The van der Waals surface area contributed by atoms with E-state index in [1.54, 1.807) is 26.0 Å². The average Bonchev–Trinajstić information content (AvgIpc) is 2.62. The molecule has 2 rings (SSSR count). The zero-order chi connectivity index (χ0) is 20.0. The molecule has 0 aliphatic heterocycles. The maximum absolute atomic E-state index is 10.4. The molecule has 6 heteroatoms. The Labute approximate surface area is 154 Å². The third-order valence-electron chi connectivity index (χ3n) is 3.96. The van der Waals surface area contributed by atoms with Gasteiger partial charge in [0, 0.05) is 56.6 Å². The van der Waals surface area contributed by atoms with Crippen molar-refractivity contribution in [3.63, 3.8) is 0 Å². The summed E-state index contributed by atoms with van der Waals surface area (Å²) in [6.07, 6.45) is 0. The molecular formula is C20H22N4O2. The summed E-state index contributed by atoms with van der Waals surface area (Å²) in [7, 11) is 0. The minimum atomic E-state index is -0.616. The van der Waals surface area contributed by atoms with Gasteiger partial charge < -0.3 is 15.4 Å². The molecule has 0 radical (unpaired) electrons. The molecule has 0 bridgehead atoms. The molecule has 2 aromatic carbocycles. The molecule has 0 unspecified atom stereocenters. The summed E-state index contributed by atoms with van der Waals surface area (Å²) in [5, 5.41) is 10.4. The number of hydrogen-bond acceptors (Lipinski definition) is 3. The van der Waals surface area contributed by atoms with E-state index in [9.17, 15) is 10.1 Å². The summed E-state index contributed by atoms with van der Waals surface area (Å²) in [6, 6.07) is 13.5. The normalized spacial score (nSPS) is 10.7. The molecule has 2 aromatic rings. The topological polar surface area (TPSA) is 77.9 Å². The molecule has 0 aliphatic rings. The van der Waals surface area contributed by atoms with E-state index in [0.717, 1.165) is 16.8 Å². The van der Waals surface area contributed by atoms with Gasteiger partial charge in [0.25, 0.3) is 16.8 Å². The molecule has 6 nitrogen and oxygen atoms in total. The van der Waals surface area contributed by atoms with Crippen molar-refractivity contribution in [1.29, 1.82) is 0 Å². The molecule has 0 spiro atoms. The van der Waals surface area contributed by atoms with Gasteiger partial charge in [0.1, 0.15) is 0 Å². The van der Waals surface area contributed by atoms with Gasteiger partial charge in [-0.25, -0.2) is 13.1 Å².